The minimum absolute atomic E-state index is 0.531. The highest BCUT2D eigenvalue weighted by Gasteiger charge is 2.05. The lowest BCUT2D eigenvalue weighted by Crippen LogP contribution is -2.38. The van der Waals surface area contributed by atoms with Gasteiger partial charge in [0.2, 0.25) is 0 Å². The minimum Gasteiger partial charge on any atom is -0.362 e. The summed E-state index contributed by atoms with van der Waals surface area (Å²) in [5.74, 6) is 0.663. The number of fused-ring (bicyclic) bond motifs is 1. The second-order valence-electron chi connectivity index (χ2n) is 3.79. The first-order valence-electron chi connectivity index (χ1n) is 5.74. The molecule has 1 aromatic carbocycles. The molecule has 0 aliphatic heterocycles. The fourth-order valence-corrected chi connectivity index (χ4v) is 1.85. The molecule has 0 saturated carbocycles. The third-order valence-corrected chi connectivity index (χ3v) is 2.75. The quantitative estimate of drug-likeness (QED) is 0.578. The number of anilines is 1. The van der Waals surface area contributed by atoms with E-state index in [0.717, 1.165) is 23.0 Å². The molecule has 0 bridgehead atoms. The van der Waals surface area contributed by atoms with Gasteiger partial charge in [-0.15, -0.1) is 5.10 Å². The van der Waals surface area contributed by atoms with Gasteiger partial charge in [0.05, 0.1) is 5.69 Å². The normalized spacial score (nSPS) is 10.1. The predicted molar refractivity (Wildman–Crippen MR) is 77.3 cm³/mol. The molecule has 0 aliphatic carbocycles. The van der Waals surface area contributed by atoms with E-state index in [1.165, 1.54) is 0 Å². The largest absolute Gasteiger partial charge is 0.362 e. The number of hydrazine groups is 1. The standard InChI is InChI=1S/C12H15N5S/c1-3-13-12(18)17-16-11-10-7-5-4-6-9(10)8(2)14-15-11/h4-7H,3H2,1-2H3,(H,15,16)(H2,13,17,18). The molecule has 5 nitrogen and oxygen atoms in total. The summed E-state index contributed by atoms with van der Waals surface area (Å²) in [5.41, 5.74) is 6.76. The van der Waals surface area contributed by atoms with Crippen LogP contribution >= 0.6 is 12.2 Å². The lowest BCUT2D eigenvalue weighted by Gasteiger charge is -2.12. The molecule has 2 rings (SSSR count). The summed E-state index contributed by atoms with van der Waals surface area (Å²) < 4.78 is 0. The van der Waals surface area contributed by atoms with Crippen LogP contribution in [0.3, 0.4) is 0 Å². The van der Waals surface area contributed by atoms with Gasteiger partial charge in [-0.3, -0.25) is 10.9 Å². The third kappa shape index (κ3) is 2.65. The van der Waals surface area contributed by atoms with Gasteiger partial charge in [0.1, 0.15) is 0 Å². The number of hydrogen-bond donors (Lipinski definition) is 3. The van der Waals surface area contributed by atoms with Crippen LogP contribution in [0.5, 0.6) is 0 Å². The summed E-state index contributed by atoms with van der Waals surface area (Å²) >= 11 is 5.07. The van der Waals surface area contributed by atoms with Gasteiger partial charge < -0.3 is 5.32 Å². The topological polar surface area (TPSA) is 61.9 Å². The van der Waals surface area contributed by atoms with Gasteiger partial charge in [0.15, 0.2) is 10.9 Å². The number of hydrogen-bond acceptors (Lipinski definition) is 4. The maximum Gasteiger partial charge on any atom is 0.185 e. The van der Waals surface area contributed by atoms with Gasteiger partial charge in [-0.2, -0.15) is 5.10 Å². The van der Waals surface area contributed by atoms with Gasteiger partial charge in [-0.25, -0.2) is 0 Å². The predicted octanol–water partition coefficient (Wildman–Crippen LogP) is 1.75. The summed E-state index contributed by atoms with van der Waals surface area (Å²) in [6.07, 6.45) is 0. The number of aryl methyl sites for hydroxylation is 1. The van der Waals surface area contributed by atoms with E-state index in [0.29, 0.717) is 10.9 Å². The molecule has 2 aromatic rings. The molecule has 0 aliphatic rings. The number of thiocarbonyl (C=S) groups is 1. The van der Waals surface area contributed by atoms with E-state index in [1.807, 2.05) is 38.1 Å². The monoisotopic (exact) mass is 261 g/mol. The summed E-state index contributed by atoms with van der Waals surface area (Å²) in [4.78, 5) is 0. The summed E-state index contributed by atoms with van der Waals surface area (Å²) in [6.45, 7) is 4.69. The first-order chi connectivity index (χ1) is 8.72. The van der Waals surface area contributed by atoms with Crippen molar-refractivity contribution in [1.29, 1.82) is 0 Å². The van der Waals surface area contributed by atoms with E-state index >= 15 is 0 Å². The van der Waals surface area contributed by atoms with E-state index in [-0.39, 0.29) is 0 Å². The van der Waals surface area contributed by atoms with Crippen LogP contribution in [0, 0.1) is 6.92 Å². The van der Waals surface area contributed by atoms with Crippen LogP contribution in [0.15, 0.2) is 24.3 Å². The van der Waals surface area contributed by atoms with Crippen LogP contribution in [0.25, 0.3) is 10.8 Å². The highest BCUT2D eigenvalue weighted by molar-refractivity contribution is 7.80. The van der Waals surface area contributed by atoms with Crippen LogP contribution in [-0.4, -0.2) is 21.9 Å². The summed E-state index contributed by atoms with van der Waals surface area (Å²) in [7, 11) is 0. The molecule has 1 heterocycles. The van der Waals surface area contributed by atoms with Crippen LogP contribution in [0.1, 0.15) is 12.6 Å². The second-order valence-corrected chi connectivity index (χ2v) is 4.20. The molecule has 0 saturated heterocycles. The summed E-state index contributed by atoms with van der Waals surface area (Å²) in [5, 5.41) is 13.8. The lowest BCUT2D eigenvalue weighted by molar-refractivity contribution is 0.914. The third-order valence-electron chi connectivity index (χ3n) is 2.50. The number of aromatic nitrogens is 2. The molecule has 0 atom stereocenters. The van der Waals surface area contributed by atoms with E-state index in [1.54, 1.807) is 0 Å². The Balaban J connectivity index is 2.24. The van der Waals surface area contributed by atoms with Gasteiger partial charge >= 0.3 is 0 Å². The molecule has 0 spiro atoms. The zero-order chi connectivity index (χ0) is 13.0. The van der Waals surface area contributed by atoms with E-state index in [2.05, 4.69) is 26.4 Å². The molecular weight excluding hydrogens is 246 g/mol. The highest BCUT2D eigenvalue weighted by atomic mass is 32.1. The van der Waals surface area contributed by atoms with Crippen molar-refractivity contribution in [1.82, 2.24) is 20.9 Å². The van der Waals surface area contributed by atoms with Crippen molar-refractivity contribution in [3.63, 3.8) is 0 Å². The van der Waals surface area contributed by atoms with Gasteiger partial charge in [-0.1, -0.05) is 24.3 Å². The van der Waals surface area contributed by atoms with Crippen LogP contribution in [0.4, 0.5) is 5.82 Å². The Morgan fingerprint density at radius 1 is 1.22 bits per heavy atom. The Bertz CT molecular complexity index is 569. The molecule has 0 radical (unpaired) electrons. The average molecular weight is 261 g/mol. The molecule has 1 aromatic heterocycles. The van der Waals surface area contributed by atoms with E-state index < -0.39 is 0 Å². The van der Waals surface area contributed by atoms with E-state index in [9.17, 15) is 0 Å². The maximum atomic E-state index is 5.07. The van der Waals surface area contributed by atoms with Crippen molar-refractivity contribution in [2.45, 2.75) is 13.8 Å². The maximum absolute atomic E-state index is 5.07. The number of nitrogens with zero attached hydrogens (tertiary/aromatic N) is 2. The van der Waals surface area contributed by atoms with Crippen molar-refractivity contribution >= 4 is 33.9 Å². The van der Waals surface area contributed by atoms with Crippen LogP contribution < -0.4 is 16.2 Å². The molecule has 0 fully saturated rings. The van der Waals surface area contributed by atoms with Crippen molar-refractivity contribution in [3.8, 4) is 0 Å². The molecule has 94 valence electrons. The SMILES string of the molecule is CCNC(=S)NNc1nnc(C)c2ccccc12. The minimum atomic E-state index is 0.531. The van der Waals surface area contributed by atoms with Gasteiger partial charge in [-0.05, 0) is 26.1 Å². The Morgan fingerprint density at radius 3 is 2.67 bits per heavy atom. The number of nitrogens with one attached hydrogen (secondary N) is 3. The van der Waals surface area contributed by atoms with Crippen molar-refractivity contribution in [2.75, 3.05) is 12.0 Å². The fraction of sp³-hybridized carbons (Fsp3) is 0.250. The van der Waals surface area contributed by atoms with Crippen molar-refractivity contribution in [2.24, 2.45) is 0 Å². The molecule has 18 heavy (non-hydrogen) atoms. The molecule has 3 N–H and O–H groups in total. The number of rotatable bonds is 3. The number of benzene rings is 1. The van der Waals surface area contributed by atoms with E-state index in [4.69, 9.17) is 12.2 Å². The Labute approximate surface area is 111 Å². The first kappa shape index (κ1) is 12.5. The van der Waals surface area contributed by atoms with Crippen LogP contribution in [0.2, 0.25) is 0 Å². The summed E-state index contributed by atoms with van der Waals surface area (Å²) in [6, 6.07) is 7.97. The second kappa shape index (κ2) is 5.59. The van der Waals surface area contributed by atoms with Gasteiger partial charge in [0.25, 0.3) is 0 Å². The zero-order valence-electron chi connectivity index (χ0n) is 10.3. The molecule has 6 heteroatoms. The molecular formula is C12H15N5S. The Morgan fingerprint density at radius 2 is 1.94 bits per heavy atom. The molecule has 0 unspecified atom stereocenters. The average Bonchev–Trinajstić information content (AvgIpc) is 2.39. The van der Waals surface area contributed by atoms with Crippen molar-refractivity contribution < 1.29 is 0 Å². The highest BCUT2D eigenvalue weighted by Crippen LogP contribution is 2.21. The smallest absolute Gasteiger partial charge is 0.185 e. The Hall–Kier alpha value is -1.95. The van der Waals surface area contributed by atoms with Crippen molar-refractivity contribution in [3.05, 3.63) is 30.0 Å². The first-order valence-corrected chi connectivity index (χ1v) is 6.15. The van der Waals surface area contributed by atoms with Crippen LogP contribution in [-0.2, 0) is 0 Å². The lowest BCUT2D eigenvalue weighted by atomic mass is 10.1. The fourth-order valence-electron chi connectivity index (χ4n) is 1.65. The van der Waals surface area contributed by atoms with Gasteiger partial charge in [0, 0.05) is 17.3 Å². The molecule has 0 amide bonds. The Kier molecular flexibility index (Phi) is 3.88. The zero-order valence-corrected chi connectivity index (χ0v) is 11.1.